The zero-order chi connectivity index (χ0) is 13.1. The Hall–Kier alpha value is -0.580. The van der Waals surface area contributed by atoms with Crippen LogP contribution in [0.15, 0.2) is 22.7 Å². The lowest BCUT2D eigenvalue weighted by atomic mass is 10.0. The molecule has 0 bridgehead atoms. The van der Waals surface area contributed by atoms with Crippen molar-refractivity contribution in [1.82, 2.24) is 5.32 Å². The van der Waals surface area contributed by atoms with Gasteiger partial charge in [0, 0.05) is 11.0 Å². The topological polar surface area (TPSA) is 32.3 Å². The first-order valence-electron chi connectivity index (χ1n) is 6.13. The summed E-state index contributed by atoms with van der Waals surface area (Å²) in [5, 5.41) is 3.83. The van der Waals surface area contributed by atoms with Crippen molar-refractivity contribution in [2.45, 2.75) is 25.8 Å². The maximum Gasteiger partial charge on any atom is 0.244 e. The van der Waals surface area contributed by atoms with Crippen molar-refractivity contribution in [2.24, 2.45) is 0 Å². The molecule has 1 N–H and O–H groups in total. The van der Waals surface area contributed by atoms with Crippen LogP contribution in [0.2, 0.25) is 5.02 Å². The quantitative estimate of drug-likeness (QED) is 0.922. The Morgan fingerprint density at radius 1 is 1.56 bits per heavy atom. The molecular weight excluding hydrogens is 316 g/mol. The normalized spacial score (nSPS) is 20.3. The number of hydrogen-bond acceptors (Lipinski definition) is 2. The van der Waals surface area contributed by atoms with Crippen molar-refractivity contribution in [2.75, 3.05) is 18.0 Å². The Kier molecular flexibility index (Phi) is 4.65. The van der Waals surface area contributed by atoms with Gasteiger partial charge in [0.2, 0.25) is 5.91 Å². The van der Waals surface area contributed by atoms with Gasteiger partial charge in [-0.1, -0.05) is 34.5 Å². The SMILES string of the molecule is CCNC1CCCN(c2ccc(Br)cc2Cl)C1=O. The van der Waals surface area contributed by atoms with E-state index in [-0.39, 0.29) is 11.9 Å². The molecule has 98 valence electrons. The molecule has 1 aromatic rings. The number of hydrogen-bond donors (Lipinski definition) is 1. The van der Waals surface area contributed by atoms with Crippen LogP contribution in [0, 0.1) is 0 Å². The van der Waals surface area contributed by atoms with E-state index in [1.54, 1.807) is 4.90 Å². The van der Waals surface area contributed by atoms with E-state index in [9.17, 15) is 4.79 Å². The maximum absolute atomic E-state index is 12.3. The second kappa shape index (κ2) is 6.04. The molecule has 0 aromatic heterocycles. The van der Waals surface area contributed by atoms with Crippen LogP contribution in [0.1, 0.15) is 19.8 Å². The van der Waals surface area contributed by atoms with Crippen LogP contribution in [0.5, 0.6) is 0 Å². The van der Waals surface area contributed by atoms with Crippen LogP contribution in [0.3, 0.4) is 0 Å². The molecule has 18 heavy (non-hydrogen) atoms. The predicted octanol–water partition coefficient (Wildman–Crippen LogP) is 3.21. The van der Waals surface area contributed by atoms with Crippen molar-refractivity contribution >= 4 is 39.1 Å². The standard InChI is InChI=1S/C13H16BrClN2O/c1-2-16-11-4-3-7-17(13(11)18)12-6-5-9(14)8-10(12)15/h5-6,8,11,16H,2-4,7H2,1H3. The summed E-state index contributed by atoms with van der Waals surface area (Å²) in [4.78, 5) is 14.1. The van der Waals surface area contributed by atoms with Crippen molar-refractivity contribution < 1.29 is 4.79 Å². The van der Waals surface area contributed by atoms with Gasteiger partial charge in [0.1, 0.15) is 0 Å². The summed E-state index contributed by atoms with van der Waals surface area (Å²) < 4.78 is 0.920. The highest BCUT2D eigenvalue weighted by atomic mass is 79.9. The smallest absolute Gasteiger partial charge is 0.244 e. The fourth-order valence-electron chi connectivity index (χ4n) is 2.25. The molecular formula is C13H16BrClN2O. The van der Waals surface area contributed by atoms with Crippen LogP contribution in [-0.2, 0) is 4.79 Å². The van der Waals surface area contributed by atoms with Gasteiger partial charge in [-0.25, -0.2) is 0 Å². The Balaban J connectivity index is 2.24. The number of benzene rings is 1. The van der Waals surface area contributed by atoms with Gasteiger partial charge < -0.3 is 10.2 Å². The Bertz CT molecular complexity index is 451. The number of nitrogens with one attached hydrogen (secondary N) is 1. The van der Waals surface area contributed by atoms with E-state index in [0.29, 0.717) is 5.02 Å². The average molecular weight is 332 g/mol. The first kappa shape index (κ1) is 13.8. The first-order valence-corrected chi connectivity index (χ1v) is 7.30. The van der Waals surface area contributed by atoms with E-state index >= 15 is 0 Å². The van der Waals surface area contributed by atoms with Crippen LogP contribution < -0.4 is 10.2 Å². The molecule has 0 aliphatic carbocycles. The van der Waals surface area contributed by atoms with Crippen LogP contribution in [-0.4, -0.2) is 25.0 Å². The molecule has 5 heteroatoms. The summed E-state index contributed by atoms with van der Waals surface area (Å²) in [7, 11) is 0. The maximum atomic E-state index is 12.3. The van der Waals surface area contributed by atoms with Crippen LogP contribution in [0.25, 0.3) is 0 Å². The molecule has 1 amide bonds. The zero-order valence-corrected chi connectivity index (χ0v) is 12.6. The lowest BCUT2D eigenvalue weighted by Crippen LogP contribution is -2.50. The highest BCUT2D eigenvalue weighted by Crippen LogP contribution is 2.31. The molecule has 1 heterocycles. The molecule has 1 aliphatic rings. The molecule has 0 radical (unpaired) electrons. The fraction of sp³-hybridized carbons (Fsp3) is 0.462. The number of likely N-dealkylation sites (N-methyl/N-ethyl adjacent to an activating group) is 1. The highest BCUT2D eigenvalue weighted by Gasteiger charge is 2.29. The summed E-state index contributed by atoms with van der Waals surface area (Å²) in [5.41, 5.74) is 0.799. The third-order valence-corrected chi connectivity index (χ3v) is 3.89. The van der Waals surface area contributed by atoms with Crippen LogP contribution >= 0.6 is 27.5 Å². The largest absolute Gasteiger partial charge is 0.310 e. The van der Waals surface area contributed by atoms with Gasteiger partial charge in [0.15, 0.2) is 0 Å². The van der Waals surface area contributed by atoms with Crippen LogP contribution in [0.4, 0.5) is 5.69 Å². The second-order valence-electron chi connectivity index (χ2n) is 4.34. The van der Waals surface area contributed by atoms with Crippen molar-refractivity contribution in [1.29, 1.82) is 0 Å². The molecule has 1 aromatic carbocycles. The van der Waals surface area contributed by atoms with E-state index in [1.807, 2.05) is 25.1 Å². The Labute approximate surface area is 121 Å². The summed E-state index contributed by atoms with van der Waals surface area (Å²) in [5.74, 6) is 0.118. The molecule has 1 atom stereocenters. The molecule has 3 nitrogen and oxygen atoms in total. The Morgan fingerprint density at radius 2 is 2.33 bits per heavy atom. The van der Waals surface area contributed by atoms with E-state index in [4.69, 9.17) is 11.6 Å². The molecule has 2 rings (SSSR count). The zero-order valence-electron chi connectivity index (χ0n) is 10.2. The Morgan fingerprint density at radius 3 is 3.00 bits per heavy atom. The number of piperidine rings is 1. The van der Waals surface area contributed by atoms with Crippen molar-refractivity contribution in [3.05, 3.63) is 27.7 Å². The monoisotopic (exact) mass is 330 g/mol. The number of halogens is 2. The molecule has 0 saturated carbocycles. The average Bonchev–Trinajstić information content (AvgIpc) is 2.33. The number of carbonyl (C=O) groups is 1. The minimum absolute atomic E-state index is 0.0801. The minimum atomic E-state index is -0.0801. The minimum Gasteiger partial charge on any atom is -0.310 e. The lowest BCUT2D eigenvalue weighted by molar-refractivity contribution is -0.121. The lowest BCUT2D eigenvalue weighted by Gasteiger charge is -2.33. The van der Waals surface area contributed by atoms with E-state index in [1.165, 1.54) is 0 Å². The number of carbonyl (C=O) groups excluding carboxylic acids is 1. The molecule has 0 spiro atoms. The summed E-state index contributed by atoms with van der Waals surface area (Å²) in [6, 6.07) is 5.54. The van der Waals surface area contributed by atoms with E-state index in [0.717, 1.165) is 36.1 Å². The van der Waals surface area contributed by atoms with E-state index < -0.39 is 0 Å². The van der Waals surface area contributed by atoms with E-state index in [2.05, 4.69) is 21.2 Å². The van der Waals surface area contributed by atoms with Gasteiger partial charge in [-0.2, -0.15) is 0 Å². The van der Waals surface area contributed by atoms with Gasteiger partial charge in [-0.3, -0.25) is 4.79 Å². The van der Waals surface area contributed by atoms with Crippen molar-refractivity contribution in [3.8, 4) is 0 Å². The number of amides is 1. The summed E-state index contributed by atoms with van der Waals surface area (Å²) >= 11 is 9.58. The highest BCUT2D eigenvalue weighted by molar-refractivity contribution is 9.10. The van der Waals surface area contributed by atoms with Gasteiger partial charge in [-0.05, 0) is 37.6 Å². The molecule has 1 aliphatic heterocycles. The number of nitrogens with zero attached hydrogens (tertiary/aromatic N) is 1. The van der Waals surface area contributed by atoms with Gasteiger partial charge in [-0.15, -0.1) is 0 Å². The van der Waals surface area contributed by atoms with Gasteiger partial charge in [0.25, 0.3) is 0 Å². The van der Waals surface area contributed by atoms with Crippen molar-refractivity contribution in [3.63, 3.8) is 0 Å². The second-order valence-corrected chi connectivity index (χ2v) is 5.66. The molecule has 1 saturated heterocycles. The third kappa shape index (κ3) is 2.87. The number of anilines is 1. The summed E-state index contributed by atoms with van der Waals surface area (Å²) in [6.45, 7) is 3.55. The molecule has 1 unspecified atom stereocenters. The molecule has 1 fully saturated rings. The fourth-order valence-corrected chi connectivity index (χ4v) is 3.03. The van der Waals surface area contributed by atoms with Gasteiger partial charge in [0.05, 0.1) is 16.8 Å². The first-order chi connectivity index (χ1) is 8.63. The van der Waals surface area contributed by atoms with Gasteiger partial charge >= 0.3 is 0 Å². The summed E-state index contributed by atoms with van der Waals surface area (Å²) in [6.07, 6.45) is 1.90. The number of rotatable bonds is 3. The third-order valence-electron chi connectivity index (χ3n) is 3.09. The predicted molar refractivity (Wildman–Crippen MR) is 78.2 cm³/mol.